The summed E-state index contributed by atoms with van der Waals surface area (Å²) in [5.41, 5.74) is 8.10. The van der Waals surface area contributed by atoms with Crippen molar-refractivity contribution in [1.29, 1.82) is 10.7 Å². The number of nitrogens with two attached hydrogens (primary N) is 1. The van der Waals surface area contributed by atoms with E-state index in [4.69, 9.17) is 21.5 Å². The molecule has 0 heterocycles. The first-order chi connectivity index (χ1) is 9.01. The van der Waals surface area contributed by atoms with E-state index < -0.39 is 11.8 Å². The summed E-state index contributed by atoms with van der Waals surface area (Å²) < 4.78 is 0. The number of carboxylic acid groups (broad SMARTS) is 1. The summed E-state index contributed by atoms with van der Waals surface area (Å²) in [5, 5.41) is 31.2. The predicted octanol–water partition coefficient (Wildman–Crippen LogP) is 0.654. The molecule has 0 amide bonds. The van der Waals surface area contributed by atoms with Crippen LogP contribution in [0.1, 0.15) is 10.4 Å². The van der Waals surface area contributed by atoms with Crippen molar-refractivity contribution in [1.82, 2.24) is 0 Å². The number of amidine groups is 1. The molecule has 0 radical (unpaired) electrons. The van der Waals surface area contributed by atoms with Gasteiger partial charge in [0.15, 0.2) is 5.84 Å². The SMILES string of the molecule is CNc1c(N/N=C(\C#N)C(=N)N)cccc1C(=O)O. The Bertz CT molecular complexity index is 587. The normalized spacial score (nSPS) is 10.4. The van der Waals surface area contributed by atoms with Crippen LogP contribution in [0.25, 0.3) is 0 Å². The average Bonchev–Trinajstić information content (AvgIpc) is 2.38. The average molecular weight is 260 g/mol. The van der Waals surface area contributed by atoms with Crippen LogP contribution in [0, 0.1) is 16.7 Å². The fourth-order valence-corrected chi connectivity index (χ4v) is 1.35. The highest BCUT2D eigenvalue weighted by atomic mass is 16.4. The van der Waals surface area contributed by atoms with Gasteiger partial charge in [0.1, 0.15) is 6.07 Å². The van der Waals surface area contributed by atoms with E-state index in [1.165, 1.54) is 12.1 Å². The molecule has 0 atom stereocenters. The van der Waals surface area contributed by atoms with Gasteiger partial charge in [-0.25, -0.2) is 4.79 Å². The third-order valence-electron chi connectivity index (χ3n) is 2.19. The van der Waals surface area contributed by atoms with Crippen molar-refractivity contribution in [2.45, 2.75) is 0 Å². The van der Waals surface area contributed by atoms with Crippen molar-refractivity contribution in [3.63, 3.8) is 0 Å². The monoisotopic (exact) mass is 260 g/mol. The van der Waals surface area contributed by atoms with E-state index in [2.05, 4.69) is 15.8 Å². The Morgan fingerprint density at radius 1 is 1.58 bits per heavy atom. The van der Waals surface area contributed by atoms with Gasteiger partial charge in [-0.15, -0.1) is 0 Å². The number of carboxylic acids is 1. The molecule has 1 rings (SSSR count). The van der Waals surface area contributed by atoms with Crippen molar-refractivity contribution in [3.05, 3.63) is 23.8 Å². The van der Waals surface area contributed by atoms with Gasteiger partial charge in [0.2, 0.25) is 5.71 Å². The molecule has 8 heteroatoms. The van der Waals surface area contributed by atoms with Gasteiger partial charge in [0.05, 0.1) is 16.9 Å². The second kappa shape index (κ2) is 6.02. The van der Waals surface area contributed by atoms with Crippen LogP contribution in [0.15, 0.2) is 23.3 Å². The first-order valence-electron chi connectivity index (χ1n) is 5.13. The largest absolute Gasteiger partial charge is 0.478 e. The molecule has 0 spiro atoms. The molecular weight excluding hydrogens is 248 g/mol. The van der Waals surface area contributed by atoms with E-state index in [0.717, 1.165) is 0 Å². The van der Waals surface area contributed by atoms with Gasteiger partial charge in [-0.1, -0.05) is 6.07 Å². The van der Waals surface area contributed by atoms with Gasteiger partial charge < -0.3 is 16.2 Å². The number of aromatic carboxylic acids is 1. The highest BCUT2D eigenvalue weighted by Crippen LogP contribution is 2.25. The minimum Gasteiger partial charge on any atom is -0.478 e. The Kier molecular flexibility index (Phi) is 4.43. The number of nitrogens with zero attached hydrogens (tertiary/aromatic N) is 2. The van der Waals surface area contributed by atoms with Crippen LogP contribution in [0.5, 0.6) is 0 Å². The number of hydrazone groups is 1. The first-order valence-corrected chi connectivity index (χ1v) is 5.13. The molecule has 8 nitrogen and oxygen atoms in total. The van der Waals surface area contributed by atoms with E-state index >= 15 is 0 Å². The Labute approximate surface area is 109 Å². The lowest BCUT2D eigenvalue weighted by Crippen LogP contribution is -2.22. The molecule has 0 aliphatic carbocycles. The standard InChI is InChI=1S/C11H12N6O2/c1-15-9-6(11(18)19)3-2-4-7(9)16-17-8(5-12)10(13)14/h2-4,15-16H,1H3,(H3,13,14)(H,18,19)/b17-8+. The van der Waals surface area contributed by atoms with Gasteiger partial charge in [-0.2, -0.15) is 10.4 Å². The van der Waals surface area contributed by atoms with Gasteiger partial charge in [0, 0.05) is 7.05 Å². The van der Waals surface area contributed by atoms with E-state index in [9.17, 15) is 4.79 Å². The third kappa shape index (κ3) is 3.19. The number of benzene rings is 1. The van der Waals surface area contributed by atoms with Crippen LogP contribution in [0.3, 0.4) is 0 Å². The number of anilines is 2. The number of hydrogen-bond acceptors (Lipinski definition) is 6. The zero-order valence-corrected chi connectivity index (χ0v) is 10.1. The first kappa shape index (κ1) is 14.0. The Morgan fingerprint density at radius 2 is 2.26 bits per heavy atom. The molecule has 0 aliphatic rings. The summed E-state index contributed by atoms with van der Waals surface area (Å²) in [5.74, 6) is -1.57. The molecule has 1 aromatic carbocycles. The summed E-state index contributed by atoms with van der Waals surface area (Å²) in [6.07, 6.45) is 0. The van der Waals surface area contributed by atoms with Crippen molar-refractivity contribution in [3.8, 4) is 6.07 Å². The maximum Gasteiger partial charge on any atom is 0.337 e. The lowest BCUT2D eigenvalue weighted by atomic mass is 10.1. The number of para-hydroxylation sites is 1. The van der Waals surface area contributed by atoms with Crippen LogP contribution in [-0.2, 0) is 0 Å². The maximum absolute atomic E-state index is 11.0. The molecule has 1 aromatic rings. The quantitative estimate of drug-likeness (QED) is 0.298. The minimum absolute atomic E-state index is 0.0593. The van der Waals surface area contributed by atoms with E-state index in [0.29, 0.717) is 11.4 Å². The molecule has 19 heavy (non-hydrogen) atoms. The van der Waals surface area contributed by atoms with Crippen LogP contribution in [-0.4, -0.2) is 29.7 Å². The van der Waals surface area contributed by atoms with Crippen LogP contribution >= 0.6 is 0 Å². The molecule has 0 saturated carbocycles. The summed E-state index contributed by atoms with van der Waals surface area (Å²) >= 11 is 0. The van der Waals surface area contributed by atoms with Crippen molar-refractivity contribution in [2.24, 2.45) is 10.8 Å². The molecule has 0 unspecified atom stereocenters. The fourth-order valence-electron chi connectivity index (χ4n) is 1.35. The molecule has 98 valence electrons. The van der Waals surface area contributed by atoms with E-state index in [1.807, 2.05) is 0 Å². The Morgan fingerprint density at radius 3 is 2.74 bits per heavy atom. The highest BCUT2D eigenvalue weighted by Gasteiger charge is 2.12. The molecular formula is C11H12N6O2. The summed E-state index contributed by atoms with van der Waals surface area (Å²) in [6, 6.07) is 6.19. The molecule has 6 N–H and O–H groups in total. The lowest BCUT2D eigenvalue weighted by molar-refractivity contribution is 0.0698. The van der Waals surface area contributed by atoms with Crippen molar-refractivity contribution in [2.75, 3.05) is 17.8 Å². The summed E-state index contributed by atoms with van der Waals surface area (Å²) in [6.45, 7) is 0. The van der Waals surface area contributed by atoms with Crippen LogP contribution in [0.4, 0.5) is 11.4 Å². The lowest BCUT2D eigenvalue weighted by Gasteiger charge is -2.11. The van der Waals surface area contributed by atoms with E-state index in [-0.39, 0.29) is 11.3 Å². The molecule has 0 aromatic heterocycles. The number of hydrogen-bond donors (Lipinski definition) is 5. The molecule has 0 fully saturated rings. The second-order valence-corrected chi connectivity index (χ2v) is 3.38. The zero-order chi connectivity index (χ0) is 14.4. The third-order valence-corrected chi connectivity index (χ3v) is 2.19. The Hall–Kier alpha value is -3.08. The van der Waals surface area contributed by atoms with Crippen LogP contribution in [0.2, 0.25) is 0 Å². The second-order valence-electron chi connectivity index (χ2n) is 3.38. The number of nitrogens with one attached hydrogen (secondary N) is 3. The Balaban J connectivity index is 3.16. The fraction of sp³-hybridized carbons (Fsp3) is 0.0909. The zero-order valence-electron chi connectivity index (χ0n) is 10.1. The van der Waals surface area contributed by atoms with E-state index in [1.54, 1.807) is 19.2 Å². The van der Waals surface area contributed by atoms with Crippen molar-refractivity contribution >= 4 is 28.9 Å². The topological polar surface area (TPSA) is 147 Å². The molecule has 0 saturated heterocycles. The van der Waals surface area contributed by atoms with Gasteiger partial charge in [0.25, 0.3) is 0 Å². The predicted molar refractivity (Wildman–Crippen MR) is 71.5 cm³/mol. The maximum atomic E-state index is 11.0. The van der Waals surface area contributed by atoms with Gasteiger partial charge >= 0.3 is 5.97 Å². The van der Waals surface area contributed by atoms with Crippen molar-refractivity contribution < 1.29 is 9.90 Å². The molecule has 0 aliphatic heterocycles. The highest BCUT2D eigenvalue weighted by molar-refractivity contribution is 6.45. The molecule has 0 bridgehead atoms. The summed E-state index contributed by atoms with van der Waals surface area (Å²) in [4.78, 5) is 11.0. The van der Waals surface area contributed by atoms with Gasteiger partial charge in [-0.3, -0.25) is 10.8 Å². The van der Waals surface area contributed by atoms with Gasteiger partial charge in [-0.05, 0) is 12.1 Å². The smallest absolute Gasteiger partial charge is 0.337 e. The number of rotatable bonds is 5. The van der Waals surface area contributed by atoms with Crippen LogP contribution < -0.4 is 16.5 Å². The number of carbonyl (C=O) groups is 1. The number of nitriles is 1. The minimum atomic E-state index is -1.09. The summed E-state index contributed by atoms with van der Waals surface area (Å²) in [7, 11) is 1.56.